The van der Waals surface area contributed by atoms with E-state index in [1.165, 1.54) is 31.2 Å². The summed E-state index contributed by atoms with van der Waals surface area (Å²) >= 11 is 1.06. The molecule has 33 heavy (non-hydrogen) atoms. The average molecular weight is 480 g/mol. The highest BCUT2D eigenvalue weighted by Crippen LogP contribution is 2.50. The fourth-order valence-corrected chi connectivity index (χ4v) is 4.99. The normalized spacial score (nSPS) is 21.2. The molecule has 3 rings (SSSR count). The van der Waals surface area contributed by atoms with E-state index in [0.717, 1.165) is 16.7 Å². The van der Waals surface area contributed by atoms with Crippen molar-refractivity contribution in [2.24, 2.45) is 11.7 Å². The maximum Gasteiger partial charge on any atom is 0.357 e. The molecule has 12 heteroatoms. The van der Waals surface area contributed by atoms with Gasteiger partial charge in [0.2, 0.25) is 5.91 Å². The van der Waals surface area contributed by atoms with E-state index in [9.17, 15) is 29.4 Å². The molecule has 1 aromatic rings. The Morgan fingerprint density at radius 3 is 2.45 bits per heavy atom. The van der Waals surface area contributed by atoms with Gasteiger partial charge >= 0.3 is 11.9 Å². The van der Waals surface area contributed by atoms with E-state index in [1.807, 2.05) is 0 Å². The van der Waals surface area contributed by atoms with Crippen LogP contribution in [-0.2, 0) is 14.4 Å². The van der Waals surface area contributed by atoms with Crippen LogP contribution in [0.5, 0.6) is 5.75 Å². The van der Waals surface area contributed by atoms with Gasteiger partial charge < -0.3 is 31.1 Å². The van der Waals surface area contributed by atoms with Gasteiger partial charge in [-0.3, -0.25) is 19.3 Å². The molecule has 11 nitrogen and oxygen atoms in total. The first kappa shape index (κ1) is 24.6. The van der Waals surface area contributed by atoms with Crippen molar-refractivity contribution in [3.05, 3.63) is 40.6 Å². The lowest BCUT2D eigenvalue weighted by molar-refractivity contribution is -0.156. The molecular weight excluding hydrogens is 454 g/mol. The average Bonchev–Trinajstić information content (AvgIpc) is 3.07. The number of amides is 2. The van der Waals surface area contributed by atoms with Gasteiger partial charge in [0.05, 0.1) is 12.0 Å². The Balaban J connectivity index is 1.55. The number of aliphatic hydroxyl groups is 1. The van der Waals surface area contributed by atoms with E-state index in [4.69, 9.17) is 15.6 Å². The van der Waals surface area contributed by atoms with Crippen LogP contribution in [0.1, 0.15) is 36.5 Å². The fraction of sp³-hybridized carbons (Fsp3) is 0.429. The number of nitrogens with one attached hydrogen (secondary N) is 1. The molecule has 0 bridgehead atoms. The predicted molar refractivity (Wildman–Crippen MR) is 117 cm³/mol. The minimum Gasteiger partial charge on any atom is -0.480 e. The Bertz CT molecular complexity index is 978. The van der Waals surface area contributed by atoms with Crippen molar-refractivity contribution in [3.63, 3.8) is 0 Å². The molecule has 2 aliphatic rings. The van der Waals surface area contributed by atoms with Crippen molar-refractivity contribution < 1.29 is 39.2 Å². The molecule has 1 aromatic carbocycles. The summed E-state index contributed by atoms with van der Waals surface area (Å²) in [7, 11) is 0. The molecule has 0 aromatic heterocycles. The number of fused-ring (bicyclic) bond motifs is 1. The van der Waals surface area contributed by atoms with Gasteiger partial charge in [0.1, 0.15) is 17.2 Å². The number of thioether (sulfide) groups is 1. The molecule has 2 aliphatic heterocycles. The number of benzene rings is 1. The first-order chi connectivity index (χ1) is 15.6. The molecule has 6 N–H and O–H groups in total. The Morgan fingerprint density at radius 1 is 1.21 bits per heavy atom. The number of nitrogens with zero attached hydrogens (tertiary/aromatic N) is 1. The van der Waals surface area contributed by atoms with E-state index in [1.54, 1.807) is 0 Å². The summed E-state index contributed by atoms with van der Waals surface area (Å²) in [4.78, 5) is 47.9. The predicted octanol–water partition coefficient (Wildman–Crippen LogP) is 0.543. The Hall–Kier alpha value is -3.09. The first-order valence-electron chi connectivity index (χ1n) is 10.3. The second-order valence-corrected chi connectivity index (χ2v) is 8.84. The summed E-state index contributed by atoms with van der Waals surface area (Å²) < 4.78 is 5.69. The quantitative estimate of drug-likeness (QED) is 0.222. The van der Waals surface area contributed by atoms with Crippen LogP contribution in [0, 0.1) is 5.92 Å². The lowest BCUT2D eigenvalue weighted by atomic mass is 9.92. The van der Waals surface area contributed by atoms with Crippen molar-refractivity contribution >= 4 is 35.5 Å². The smallest absolute Gasteiger partial charge is 0.357 e. The Labute approximate surface area is 193 Å². The summed E-state index contributed by atoms with van der Waals surface area (Å²) in [6.45, 7) is 1.85. The number of β-lactam (4-membered cyclic amide) rings is 1. The largest absolute Gasteiger partial charge is 0.480 e. The molecule has 0 aliphatic carbocycles. The van der Waals surface area contributed by atoms with Crippen LogP contribution in [0.2, 0.25) is 0 Å². The number of rotatable bonds is 11. The van der Waals surface area contributed by atoms with Crippen LogP contribution in [0.3, 0.4) is 0 Å². The zero-order valence-electron chi connectivity index (χ0n) is 17.8. The lowest BCUT2D eigenvalue weighted by Crippen LogP contribution is -2.60. The third-order valence-corrected chi connectivity index (χ3v) is 6.58. The van der Waals surface area contributed by atoms with Crippen molar-refractivity contribution in [3.8, 4) is 5.75 Å². The van der Waals surface area contributed by atoms with Crippen molar-refractivity contribution in [2.45, 2.75) is 43.7 Å². The zero-order chi connectivity index (χ0) is 24.3. The topological polar surface area (TPSA) is 179 Å². The van der Waals surface area contributed by atoms with Crippen LogP contribution in [0.15, 0.2) is 35.1 Å². The van der Waals surface area contributed by atoms with Gasteiger partial charge in [-0.05, 0) is 50.5 Å². The molecule has 178 valence electrons. The SMILES string of the molecule is C[C@@H](O)[C@H]1C(=O)N2C(C(=O)O)=C(Oc3ccc(C(=O)NCCCCC(N)C(=O)O)cc3)S[C@H]12. The number of aliphatic hydroxyl groups excluding tert-OH is 1. The number of hydrogen-bond acceptors (Lipinski definition) is 8. The zero-order valence-corrected chi connectivity index (χ0v) is 18.6. The number of carbonyl (C=O) groups is 4. The highest BCUT2D eigenvalue weighted by Gasteiger charge is 2.58. The maximum atomic E-state index is 12.2. The van der Waals surface area contributed by atoms with Gasteiger partial charge in [0.15, 0.2) is 10.8 Å². The summed E-state index contributed by atoms with van der Waals surface area (Å²) in [6.07, 6.45) is 0.564. The number of aliphatic carboxylic acids is 2. The molecule has 1 saturated heterocycles. The minimum atomic E-state index is -1.31. The van der Waals surface area contributed by atoms with Gasteiger partial charge in [0, 0.05) is 12.1 Å². The first-order valence-corrected chi connectivity index (χ1v) is 11.2. The molecule has 2 amide bonds. The highest BCUT2D eigenvalue weighted by atomic mass is 32.2. The number of unbranched alkanes of at least 4 members (excludes halogenated alkanes) is 1. The van der Waals surface area contributed by atoms with E-state index in [2.05, 4.69) is 5.32 Å². The van der Waals surface area contributed by atoms with Gasteiger partial charge in [-0.15, -0.1) is 0 Å². The highest BCUT2D eigenvalue weighted by molar-refractivity contribution is 8.03. The molecule has 4 atom stereocenters. The number of nitrogens with two attached hydrogens (primary N) is 1. The van der Waals surface area contributed by atoms with Crippen molar-refractivity contribution in [2.75, 3.05) is 6.54 Å². The van der Waals surface area contributed by atoms with Crippen LogP contribution >= 0.6 is 11.8 Å². The van der Waals surface area contributed by atoms with Crippen molar-refractivity contribution in [1.29, 1.82) is 0 Å². The lowest BCUT2D eigenvalue weighted by Gasteiger charge is -2.43. The summed E-state index contributed by atoms with van der Waals surface area (Å²) in [5, 5.41) is 30.3. The third-order valence-electron chi connectivity index (χ3n) is 5.34. The van der Waals surface area contributed by atoms with Crippen LogP contribution in [-0.4, -0.2) is 68.0 Å². The van der Waals surface area contributed by atoms with Gasteiger partial charge in [-0.2, -0.15) is 0 Å². The van der Waals surface area contributed by atoms with Crippen LogP contribution < -0.4 is 15.8 Å². The molecular formula is C21H25N3O8S. The second kappa shape index (κ2) is 10.2. The molecule has 2 heterocycles. The third kappa shape index (κ3) is 5.29. The van der Waals surface area contributed by atoms with Gasteiger partial charge in [-0.1, -0.05) is 11.8 Å². The molecule has 0 saturated carbocycles. The Morgan fingerprint density at radius 2 is 1.88 bits per heavy atom. The van der Waals surface area contributed by atoms with Gasteiger partial charge in [-0.25, -0.2) is 4.79 Å². The number of carboxylic acids is 2. The number of hydrogen-bond donors (Lipinski definition) is 5. The molecule has 1 unspecified atom stereocenters. The minimum absolute atomic E-state index is 0.0424. The maximum absolute atomic E-state index is 12.2. The number of carbonyl (C=O) groups excluding carboxylic acids is 2. The summed E-state index contributed by atoms with van der Waals surface area (Å²) in [5.41, 5.74) is 5.52. The van der Waals surface area contributed by atoms with E-state index < -0.39 is 41.3 Å². The van der Waals surface area contributed by atoms with Crippen LogP contribution in [0.25, 0.3) is 0 Å². The molecule has 0 spiro atoms. The standard InChI is InChI=1S/C21H25N3O8S/c1-10(25)14-17(27)24-15(20(30)31)21(33-18(14)24)32-12-7-5-11(6-8-12)16(26)23-9-3-2-4-13(22)19(28)29/h5-8,10,13-14,18,25H,2-4,9,22H2,1H3,(H,23,26)(H,28,29)(H,30,31)/t10-,13?,14+,18-/m1/s1. The Kier molecular flexibility index (Phi) is 7.61. The van der Waals surface area contributed by atoms with E-state index in [-0.39, 0.29) is 16.7 Å². The van der Waals surface area contributed by atoms with Crippen LogP contribution in [0.4, 0.5) is 0 Å². The fourth-order valence-electron chi connectivity index (χ4n) is 3.52. The molecule has 1 fully saturated rings. The summed E-state index contributed by atoms with van der Waals surface area (Å²) in [5.74, 6) is -3.55. The van der Waals surface area contributed by atoms with E-state index >= 15 is 0 Å². The summed E-state index contributed by atoms with van der Waals surface area (Å²) in [6, 6.07) is 5.15. The number of ether oxygens (including phenoxy) is 1. The molecule has 0 radical (unpaired) electrons. The van der Waals surface area contributed by atoms with Gasteiger partial charge in [0.25, 0.3) is 5.91 Å². The second-order valence-electron chi connectivity index (χ2n) is 7.75. The monoisotopic (exact) mass is 479 g/mol. The number of carboxylic acid groups (broad SMARTS) is 2. The van der Waals surface area contributed by atoms with E-state index in [0.29, 0.717) is 37.1 Å². The van der Waals surface area contributed by atoms with Crippen molar-refractivity contribution in [1.82, 2.24) is 10.2 Å².